The summed E-state index contributed by atoms with van der Waals surface area (Å²) in [5.74, 6) is -0.125. The van der Waals surface area contributed by atoms with Crippen LogP contribution in [-0.4, -0.2) is 36.3 Å². The number of amides is 2. The molecule has 2 N–H and O–H groups in total. The smallest absolute Gasteiger partial charge is 0.238 e. The van der Waals surface area contributed by atoms with Gasteiger partial charge in [-0.2, -0.15) is 0 Å². The van der Waals surface area contributed by atoms with Gasteiger partial charge in [-0.1, -0.05) is 54.9 Å². The lowest BCUT2D eigenvalue weighted by Crippen LogP contribution is -2.37. The van der Waals surface area contributed by atoms with E-state index in [1.165, 1.54) is 0 Å². The average molecular weight is 402 g/mol. The second-order valence-electron chi connectivity index (χ2n) is 6.76. The summed E-state index contributed by atoms with van der Waals surface area (Å²) in [4.78, 5) is 26.6. The van der Waals surface area contributed by atoms with Crippen LogP contribution in [0.4, 0.5) is 5.69 Å². The normalized spacial score (nSPS) is 10.7. The van der Waals surface area contributed by atoms with Crippen molar-refractivity contribution in [1.82, 2.24) is 10.2 Å². The van der Waals surface area contributed by atoms with Gasteiger partial charge in [0, 0.05) is 30.2 Å². The first-order valence-electron chi connectivity index (χ1n) is 9.57. The lowest BCUT2D eigenvalue weighted by atomic mass is 10.2. The minimum Gasteiger partial charge on any atom is -0.352 e. The lowest BCUT2D eigenvalue weighted by molar-refractivity contribution is -0.122. The van der Waals surface area contributed by atoms with Crippen LogP contribution in [0.5, 0.6) is 0 Å². The first-order valence-corrected chi connectivity index (χ1v) is 9.95. The number of halogens is 1. The third-order valence-electron chi connectivity index (χ3n) is 4.42. The van der Waals surface area contributed by atoms with Crippen molar-refractivity contribution < 1.29 is 9.59 Å². The first kappa shape index (κ1) is 21.9. The Hall–Kier alpha value is -2.37. The van der Waals surface area contributed by atoms with Gasteiger partial charge >= 0.3 is 0 Å². The van der Waals surface area contributed by atoms with Crippen molar-refractivity contribution in [3.05, 3.63) is 64.7 Å². The van der Waals surface area contributed by atoms with Gasteiger partial charge in [0.15, 0.2) is 0 Å². The van der Waals surface area contributed by atoms with Gasteiger partial charge in [-0.15, -0.1) is 0 Å². The zero-order valence-electron chi connectivity index (χ0n) is 16.5. The molecule has 0 spiro atoms. The Bertz CT molecular complexity index is 795. The second kappa shape index (κ2) is 11.5. The third-order valence-corrected chi connectivity index (χ3v) is 4.78. The Labute approximate surface area is 172 Å². The van der Waals surface area contributed by atoms with Gasteiger partial charge in [0.05, 0.1) is 6.54 Å². The van der Waals surface area contributed by atoms with Crippen molar-refractivity contribution in [3.63, 3.8) is 0 Å². The number of carbonyl (C=O) groups excluding carboxylic acids is 2. The molecule has 150 valence electrons. The predicted octanol–water partition coefficient (Wildman–Crippen LogP) is 4.01. The number of para-hydroxylation sites is 1. The van der Waals surface area contributed by atoms with E-state index in [0.717, 1.165) is 29.8 Å². The molecule has 0 aromatic heterocycles. The predicted molar refractivity (Wildman–Crippen MR) is 114 cm³/mol. The summed E-state index contributed by atoms with van der Waals surface area (Å²) < 4.78 is 0. The molecule has 0 heterocycles. The van der Waals surface area contributed by atoms with Crippen molar-refractivity contribution in [2.75, 3.05) is 25.0 Å². The molecule has 0 atom stereocenters. The topological polar surface area (TPSA) is 61.4 Å². The maximum Gasteiger partial charge on any atom is 0.238 e. The fourth-order valence-corrected chi connectivity index (χ4v) is 3.08. The van der Waals surface area contributed by atoms with Gasteiger partial charge in [0.1, 0.15) is 0 Å². The molecule has 0 aliphatic heterocycles. The fourth-order valence-electron chi connectivity index (χ4n) is 2.88. The van der Waals surface area contributed by atoms with E-state index in [1.54, 1.807) is 6.07 Å². The van der Waals surface area contributed by atoms with Crippen LogP contribution in [0.25, 0.3) is 0 Å². The van der Waals surface area contributed by atoms with Crippen LogP contribution in [0.3, 0.4) is 0 Å². The maximum absolute atomic E-state index is 12.4. The number of rotatable bonds is 10. The monoisotopic (exact) mass is 401 g/mol. The Balaban J connectivity index is 1.79. The van der Waals surface area contributed by atoms with Crippen LogP contribution >= 0.6 is 11.6 Å². The van der Waals surface area contributed by atoms with Crippen molar-refractivity contribution in [2.24, 2.45) is 0 Å². The number of nitrogens with one attached hydrogen (secondary N) is 2. The number of carbonyl (C=O) groups is 2. The molecule has 0 unspecified atom stereocenters. The van der Waals surface area contributed by atoms with Crippen LogP contribution in [0.2, 0.25) is 5.02 Å². The van der Waals surface area contributed by atoms with Crippen LogP contribution < -0.4 is 10.6 Å². The number of hydrogen-bond donors (Lipinski definition) is 2. The highest BCUT2D eigenvalue weighted by Gasteiger charge is 2.13. The highest BCUT2D eigenvalue weighted by Crippen LogP contribution is 2.14. The van der Waals surface area contributed by atoms with Gasteiger partial charge in [0.2, 0.25) is 11.8 Å². The molecular weight excluding hydrogens is 374 g/mol. The van der Waals surface area contributed by atoms with Gasteiger partial charge in [-0.3, -0.25) is 14.5 Å². The highest BCUT2D eigenvalue weighted by atomic mass is 35.5. The van der Waals surface area contributed by atoms with Crippen LogP contribution in [0, 0.1) is 6.92 Å². The van der Waals surface area contributed by atoms with E-state index in [9.17, 15) is 9.59 Å². The van der Waals surface area contributed by atoms with Gasteiger partial charge in [-0.25, -0.2) is 0 Å². The van der Waals surface area contributed by atoms with Gasteiger partial charge < -0.3 is 10.6 Å². The SMILES string of the molecule is CCCN(CCC(=O)NCc1ccccc1Cl)CC(=O)Nc1ccccc1C. The van der Waals surface area contributed by atoms with Crippen molar-refractivity contribution in [2.45, 2.75) is 33.2 Å². The molecule has 2 rings (SSSR count). The Morgan fingerprint density at radius 3 is 2.43 bits per heavy atom. The minimum atomic E-state index is -0.0702. The Kier molecular flexibility index (Phi) is 8.98. The van der Waals surface area contributed by atoms with Crippen molar-refractivity contribution in [3.8, 4) is 0 Å². The second-order valence-corrected chi connectivity index (χ2v) is 7.16. The quantitative estimate of drug-likeness (QED) is 0.632. The summed E-state index contributed by atoms with van der Waals surface area (Å²) in [7, 11) is 0. The molecule has 0 saturated carbocycles. The standard InChI is InChI=1S/C22H28ClN3O2/c1-3-13-26(16-22(28)25-20-11-7-4-8-17(20)2)14-12-21(27)24-15-18-9-5-6-10-19(18)23/h4-11H,3,12-16H2,1-2H3,(H,24,27)(H,25,28). The van der Waals surface area contributed by atoms with Gasteiger partial charge in [0.25, 0.3) is 0 Å². The van der Waals surface area contributed by atoms with E-state index in [0.29, 0.717) is 24.5 Å². The molecule has 2 aromatic rings. The summed E-state index contributed by atoms with van der Waals surface area (Å²) in [5, 5.41) is 6.47. The molecular formula is C22H28ClN3O2. The Morgan fingerprint density at radius 2 is 1.71 bits per heavy atom. The lowest BCUT2D eigenvalue weighted by Gasteiger charge is -2.21. The summed E-state index contributed by atoms with van der Waals surface area (Å²) >= 11 is 6.11. The number of aryl methyl sites for hydroxylation is 1. The van der Waals surface area contributed by atoms with Crippen LogP contribution in [-0.2, 0) is 16.1 Å². The van der Waals surface area contributed by atoms with E-state index in [1.807, 2.05) is 54.3 Å². The van der Waals surface area contributed by atoms with Crippen LogP contribution in [0.15, 0.2) is 48.5 Å². The van der Waals surface area contributed by atoms with E-state index in [-0.39, 0.29) is 18.4 Å². The van der Waals surface area contributed by atoms with Crippen molar-refractivity contribution in [1.29, 1.82) is 0 Å². The van der Waals surface area contributed by atoms with E-state index < -0.39 is 0 Å². The number of benzene rings is 2. The molecule has 0 aliphatic carbocycles. The number of anilines is 1. The Morgan fingerprint density at radius 1 is 1.00 bits per heavy atom. The average Bonchev–Trinajstić information content (AvgIpc) is 2.67. The zero-order valence-corrected chi connectivity index (χ0v) is 17.3. The largest absolute Gasteiger partial charge is 0.352 e. The number of hydrogen-bond acceptors (Lipinski definition) is 3. The molecule has 6 heteroatoms. The van der Waals surface area contributed by atoms with E-state index in [2.05, 4.69) is 17.6 Å². The molecule has 0 aliphatic rings. The molecule has 0 fully saturated rings. The summed E-state index contributed by atoms with van der Waals surface area (Å²) in [6.45, 7) is 5.98. The first-order chi connectivity index (χ1) is 13.5. The fraction of sp³-hybridized carbons (Fsp3) is 0.364. The molecule has 0 saturated heterocycles. The van der Waals surface area contributed by atoms with E-state index in [4.69, 9.17) is 11.6 Å². The molecule has 2 aromatic carbocycles. The van der Waals surface area contributed by atoms with E-state index >= 15 is 0 Å². The third kappa shape index (κ3) is 7.33. The molecule has 28 heavy (non-hydrogen) atoms. The highest BCUT2D eigenvalue weighted by molar-refractivity contribution is 6.31. The molecule has 5 nitrogen and oxygen atoms in total. The van der Waals surface area contributed by atoms with Gasteiger partial charge in [-0.05, 0) is 43.1 Å². The summed E-state index contributed by atoms with van der Waals surface area (Å²) in [6, 6.07) is 15.1. The summed E-state index contributed by atoms with van der Waals surface area (Å²) in [5.41, 5.74) is 2.74. The molecule has 0 bridgehead atoms. The summed E-state index contributed by atoms with van der Waals surface area (Å²) in [6.07, 6.45) is 1.25. The van der Waals surface area contributed by atoms with Crippen LogP contribution in [0.1, 0.15) is 30.9 Å². The minimum absolute atomic E-state index is 0.0552. The molecule has 2 amide bonds. The maximum atomic E-state index is 12.4. The number of nitrogens with zero attached hydrogens (tertiary/aromatic N) is 1. The molecule has 0 radical (unpaired) electrons. The zero-order chi connectivity index (χ0) is 20.4. The van der Waals surface area contributed by atoms with Crippen molar-refractivity contribution >= 4 is 29.1 Å².